The third kappa shape index (κ3) is 2.16. The van der Waals surface area contributed by atoms with Crippen molar-refractivity contribution in [3.63, 3.8) is 0 Å². The summed E-state index contributed by atoms with van der Waals surface area (Å²) in [5.41, 5.74) is 1.77. The van der Waals surface area contributed by atoms with Gasteiger partial charge in [0, 0.05) is 6.20 Å². The highest BCUT2D eigenvalue weighted by Gasteiger charge is 2.06. The van der Waals surface area contributed by atoms with Gasteiger partial charge in [0.1, 0.15) is 5.69 Å². The fraction of sp³-hybridized carbons (Fsp3) is 0.300. The summed E-state index contributed by atoms with van der Waals surface area (Å²) in [7, 11) is 0. The fourth-order valence-corrected chi connectivity index (χ4v) is 0.986. The van der Waals surface area contributed by atoms with Gasteiger partial charge in [-0.25, -0.2) is 0 Å². The van der Waals surface area contributed by atoms with Crippen LogP contribution in [0.3, 0.4) is 0 Å². The topological polar surface area (TPSA) is 51.8 Å². The van der Waals surface area contributed by atoms with Gasteiger partial charge in [0.05, 0.1) is 0 Å². The van der Waals surface area contributed by atoms with Gasteiger partial charge in [-0.1, -0.05) is 19.9 Å². The number of rotatable bonds is 1. The molecule has 2 rings (SSSR count). The zero-order chi connectivity index (χ0) is 10.4. The molecule has 0 unspecified atom stereocenters. The van der Waals surface area contributed by atoms with Crippen molar-refractivity contribution >= 4 is 0 Å². The molecule has 0 aliphatic rings. The molecule has 4 heteroatoms. The van der Waals surface area contributed by atoms with Gasteiger partial charge in [0.2, 0.25) is 6.39 Å². The molecule has 0 atom stereocenters. The van der Waals surface area contributed by atoms with Gasteiger partial charge in [-0.15, -0.1) is 10.2 Å². The SMILES string of the molecule is CC.Cc1cccnc1-c1nnco1. The smallest absolute Gasteiger partial charge is 0.266 e. The normalized spacial score (nSPS) is 9.07. The van der Waals surface area contributed by atoms with E-state index < -0.39 is 0 Å². The first-order valence-corrected chi connectivity index (χ1v) is 4.56. The summed E-state index contributed by atoms with van der Waals surface area (Å²) in [5, 5.41) is 7.35. The van der Waals surface area contributed by atoms with Gasteiger partial charge >= 0.3 is 0 Å². The van der Waals surface area contributed by atoms with E-state index in [9.17, 15) is 0 Å². The highest BCUT2D eigenvalue weighted by molar-refractivity contribution is 5.50. The molecule has 14 heavy (non-hydrogen) atoms. The van der Waals surface area contributed by atoms with E-state index in [1.807, 2.05) is 32.9 Å². The molecule has 0 bridgehead atoms. The van der Waals surface area contributed by atoms with Crippen LogP contribution in [-0.4, -0.2) is 15.2 Å². The maximum Gasteiger partial charge on any atom is 0.266 e. The third-order valence-electron chi connectivity index (χ3n) is 1.57. The van der Waals surface area contributed by atoms with E-state index in [0.717, 1.165) is 11.3 Å². The number of hydrogen-bond donors (Lipinski definition) is 0. The molecule has 0 spiro atoms. The number of aromatic nitrogens is 3. The summed E-state index contributed by atoms with van der Waals surface area (Å²) in [6.07, 6.45) is 3.00. The van der Waals surface area contributed by atoms with E-state index in [2.05, 4.69) is 15.2 Å². The van der Waals surface area contributed by atoms with Crippen molar-refractivity contribution in [3.05, 3.63) is 30.3 Å². The predicted molar refractivity (Wildman–Crippen MR) is 53.6 cm³/mol. The first-order chi connectivity index (χ1) is 6.88. The van der Waals surface area contributed by atoms with Gasteiger partial charge < -0.3 is 4.42 Å². The van der Waals surface area contributed by atoms with Crippen molar-refractivity contribution in [1.29, 1.82) is 0 Å². The Balaban J connectivity index is 0.000000461. The first kappa shape index (κ1) is 10.4. The first-order valence-electron chi connectivity index (χ1n) is 4.56. The van der Waals surface area contributed by atoms with Crippen LogP contribution in [0, 0.1) is 6.92 Å². The lowest BCUT2D eigenvalue weighted by molar-refractivity contribution is 0.566. The van der Waals surface area contributed by atoms with Crippen molar-refractivity contribution in [3.8, 4) is 11.6 Å². The third-order valence-corrected chi connectivity index (χ3v) is 1.57. The monoisotopic (exact) mass is 191 g/mol. The molecule has 4 nitrogen and oxygen atoms in total. The summed E-state index contributed by atoms with van der Waals surface area (Å²) in [6, 6.07) is 3.82. The van der Waals surface area contributed by atoms with E-state index in [4.69, 9.17) is 4.42 Å². The summed E-state index contributed by atoms with van der Waals surface area (Å²) < 4.78 is 5.02. The number of pyridine rings is 1. The van der Waals surface area contributed by atoms with Crippen molar-refractivity contribution in [2.75, 3.05) is 0 Å². The van der Waals surface area contributed by atoms with Crippen molar-refractivity contribution in [2.24, 2.45) is 0 Å². The van der Waals surface area contributed by atoms with Gasteiger partial charge in [-0.2, -0.15) is 0 Å². The second-order valence-electron chi connectivity index (χ2n) is 2.41. The Labute approximate surface area is 83.0 Å². The molecule has 0 fully saturated rings. The maximum absolute atomic E-state index is 5.02. The number of aryl methyl sites for hydroxylation is 1. The summed E-state index contributed by atoms with van der Waals surface area (Å²) in [5.74, 6) is 0.466. The molecule has 2 heterocycles. The average molecular weight is 191 g/mol. The molecule has 0 saturated carbocycles. The summed E-state index contributed by atoms with van der Waals surface area (Å²) in [4.78, 5) is 4.12. The maximum atomic E-state index is 5.02. The van der Waals surface area contributed by atoms with Gasteiger partial charge in [-0.05, 0) is 18.6 Å². The molecule has 0 saturated heterocycles. The largest absolute Gasteiger partial charge is 0.422 e. The molecule has 2 aromatic rings. The van der Waals surface area contributed by atoms with Crippen LogP contribution in [0.4, 0.5) is 0 Å². The molecular formula is C10H13N3O. The second kappa shape index (κ2) is 5.11. The van der Waals surface area contributed by atoms with E-state index in [1.165, 1.54) is 6.39 Å². The molecule has 2 aromatic heterocycles. The van der Waals surface area contributed by atoms with Crippen molar-refractivity contribution < 1.29 is 4.42 Å². The van der Waals surface area contributed by atoms with Gasteiger partial charge in [-0.3, -0.25) is 4.98 Å². The van der Waals surface area contributed by atoms with Crippen LogP contribution in [0.25, 0.3) is 11.6 Å². The number of nitrogens with zero attached hydrogens (tertiary/aromatic N) is 3. The molecule has 0 radical (unpaired) electrons. The van der Waals surface area contributed by atoms with Crippen LogP contribution in [0.2, 0.25) is 0 Å². The minimum absolute atomic E-state index is 0.466. The predicted octanol–water partition coefficient (Wildman–Crippen LogP) is 2.47. The van der Waals surface area contributed by atoms with E-state index in [1.54, 1.807) is 6.20 Å². The van der Waals surface area contributed by atoms with Gasteiger partial charge in [0.15, 0.2) is 0 Å². The summed E-state index contributed by atoms with van der Waals surface area (Å²) in [6.45, 7) is 5.95. The lowest BCUT2D eigenvalue weighted by atomic mass is 10.2. The molecule has 0 amide bonds. The zero-order valence-electron chi connectivity index (χ0n) is 8.56. The van der Waals surface area contributed by atoms with Crippen molar-refractivity contribution in [2.45, 2.75) is 20.8 Å². The second-order valence-corrected chi connectivity index (χ2v) is 2.41. The Morgan fingerprint density at radius 3 is 2.64 bits per heavy atom. The Bertz CT molecular complexity index is 371. The molecular weight excluding hydrogens is 178 g/mol. The Morgan fingerprint density at radius 2 is 2.07 bits per heavy atom. The highest BCUT2D eigenvalue weighted by Crippen LogP contribution is 2.16. The summed E-state index contributed by atoms with van der Waals surface area (Å²) >= 11 is 0. The van der Waals surface area contributed by atoms with E-state index in [-0.39, 0.29) is 0 Å². The van der Waals surface area contributed by atoms with Crippen LogP contribution in [0.1, 0.15) is 19.4 Å². The highest BCUT2D eigenvalue weighted by atomic mass is 16.4. The molecule has 74 valence electrons. The van der Waals surface area contributed by atoms with E-state index in [0.29, 0.717) is 5.89 Å². The molecule has 0 N–H and O–H groups in total. The van der Waals surface area contributed by atoms with Crippen LogP contribution in [0.15, 0.2) is 29.1 Å². The average Bonchev–Trinajstić information content (AvgIpc) is 2.75. The van der Waals surface area contributed by atoms with Crippen LogP contribution in [-0.2, 0) is 0 Å². The quantitative estimate of drug-likeness (QED) is 0.694. The van der Waals surface area contributed by atoms with Crippen LogP contribution >= 0.6 is 0 Å². The minimum atomic E-state index is 0.466. The van der Waals surface area contributed by atoms with Gasteiger partial charge in [0.25, 0.3) is 5.89 Å². The zero-order valence-corrected chi connectivity index (χ0v) is 8.56. The number of hydrogen-bond acceptors (Lipinski definition) is 4. The minimum Gasteiger partial charge on any atom is -0.422 e. The van der Waals surface area contributed by atoms with E-state index >= 15 is 0 Å². The van der Waals surface area contributed by atoms with Crippen LogP contribution in [0.5, 0.6) is 0 Å². The molecule has 0 aromatic carbocycles. The van der Waals surface area contributed by atoms with Crippen LogP contribution < -0.4 is 0 Å². The van der Waals surface area contributed by atoms with Crippen molar-refractivity contribution in [1.82, 2.24) is 15.2 Å². The standard InChI is InChI=1S/C8H7N3O.C2H6/c1-6-3-2-4-9-7(6)8-11-10-5-12-8;1-2/h2-5H,1H3;1-2H3. The Morgan fingerprint density at radius 1 is 1.29 bits per heavy atom. The Kier molecular flexibility index (Phi) is 3.79. The lowest BCUT2D eigenvalue weighted by Gasteiger charge is -1.96. The molecule has 0 aliphatic heterocycles. The molecule has 0 aliphatic carbocycles. The fourth-order valence-electron chi connectivity index (χ4n) is 0.986. The lowest BCUT2D eigenvalue weighted by Crippen LogP contribution is -1.86. The Hall–Kier alpha value is -1.71.